The summed E-state index contributed by atoms with van der Waals surface area (Å²) in [4.78, 5) is 15.0. The largest absolute Gasteiger partial charge is 0.496 e. The molecule has 0 aromatic heterocycles. The Morgan fingerprint density at radius 2 is 2.11 bits per heavy atom. The number of hydrogen-bond donors (Lipinski definition) is 2. The number of carbonyl (C=O) groups is 1. The first-order valence-electron chi connectivity index (χ1n) is 9.24. The lowest BCUT2D eigenvalue weighted by Gasteiger charge is -2.17. The molecule has 27 heavy (non-hydrogen) atoms. The molecule has 2 aromatic carbocycles. The lowest BCUT2D eigenvalue weighted by molar-refractivity contribution is 0.0944. The van der Waals surface area contributed by atoms with Crippen molar-refractivity contribution in [2.24, 2.45) is 5.92 Å². The molecule has 0 bridgehead atoms. The summed E-state index contributed by atoms with van der Waals surface area (Å²) < 4.78 is 5.26. The van der Waals surface area contributed by atoms with Gasteiger partial charge in [-0.25, -0.2) is 0 Å². The number of nitrogens with one attached hydrogen (secondary N) is 1. The molecule has 1 atom stereocenters. The number of hydrogen-bond acceptors (Lipinski definition) is 4. The number of nitrogens with zero attached hydrogens (tertiary/aromatic N) is 1. The maximum atomic E-state index is 12.5. The van der Waals surface area contributed by atoms with Gasteiger partial charge in [-0.3, -0.25) is 4.79 Å². The molecule has 3 N–H and O–H groups in total. The van der Waals surface area contributed by atoms with Crippen molar-refractivity contribution in [3.63, 3.8) is 0 Å². The zero-order valence-electron chi connectivity index (χ0n) is 15.6. The van der Waals surface area contributed by atoms with E-state index in [-0.39, 0.29) is 5.91 Å². The van der Waals surface area contributed by atoms with Crippen LogP contribution in [0.3, 0.4) is 0 Å². The second-order valence-electron chi connectivity index (χ2n) is 6.97. The highest BCUT2D eigenvalue weighted by Crippen LogP contribution is 2.28. The number of rotatable bonds is 7. The van der Waals surface area contributed by atoms with Gasteiger partial charge in [0.15, 0.2) is 0 Å². The van der Waals surface area contributed by atoms with E-state index in [1.807, 2.05) is 6.07 Å². The van der Waals surface area contributed by atoms with Gasteiger partial charge in [0.25, 0.3) is 5.91 Å². The van der Waals surface area contributed by atoms with Gasteiger partial charge >= 0.3 is 0 Å². The van der Waals surface area contributed by atoms with Crippen molar-refractivity contribution >= 4 is 23.2 Å². The van der Waals surface area contributed by atoms with Gasteiger partial charge in [-0.05, 0) is 36.9 Å². The Balaban J connectivity index is 1.48. The number of methoxy groups -OCH3 is 1. The molecule has 5 nitrogen and oxygen atoms in total. The third-order valence-electron chi connectivity index (χ3n) is 5.04. The monoisotopic (exact) mass is 387 g/mol. The molecular weight excluding hydrogens is 362 g/mol. The number of likely N-dealkylation sites (tertiary alicyclic amines) is 1. The molecule has 1 heterocycles. The van der Waals surface area contributed by atoms with Crippen LogP contribution < -0.4 is 15.8 Å². The van der Waals surface area contributed by atoms with Gasteiger partial charge in [0.05, 0.1) is 23.4 Å². The molecule has 0 spiro atoms. The second kappa shape index (κ2) is 9.11. The average molecular weight is 388 g/mol. The van der Waals surface area contributed by atoms with Crippen LogP contribution in [0.4, 0.5) is 5.69 Å². The summed E-state index contributed by atoms with van der Waals surface area (Å²) in [6.45, 7) is 3.78. The number of nitrogen functional groups attached to an aromatic ring is 1. The molecule has 1 unspecified atom stereocenters. The van der Waals surface area contributed by atoms with Crippen LogP contribution in [0.1, 0.15) is 22.3 Å². The third kappa shape index (κ3) is 5.15. The minimum Gasteiger partial charge on any atom is -0.496 e. The molecule has 0 aliphatic carbocycles. The second-order valence-corrected chi connectivity index (χ2v) is 7.38. The number of anilines is 1. The predicted octanol–water partition coefficient (Wildman–Crippen LogP) is 3.23. The van der Waals surface area contributed by atoms with Crippen LogP contribution in [0.2, 0.25) is 5.02 Å². The minimum atomic E-state index is -0.184. The molecule has 6 heteroatoms. The molecule has 144 valence electrons. The van der Waals surface area contributed by atoms with E-state index < -0.39 is 0 Å². The van der Waals surface area contributed by atoms with Crippen molar-refractivity contribution < 1.29 is 9.53 Å². The smallest absolute Gasteiger partial charge is 0.255 e. The van der Waals surface area contributed by atoms with Crippen molar-refractivity contribution in [2.75, 3.05) is 39.0 Å². The van der Waals surface area contributed by atoms with Gasteiger partial charge in [0.2, 0.25) is 0 Å². The Labute approximate surface area is 165 Å². The van der Waals surface area contributed by atoms with Crippen LogP contribution >= 0.6 is 11.6 Å². The number of amides is 1. The minimum absolute atomic E-state index is 0.184. The van der Waals surface area contributed by atoms with Crippen molar-refractivity contribution in [1.29, 1.82) is 0 Å². The van der Waals surface area contributed by atoms with Crippen LogP contribution in [-0.4, -0.2) is 44.1 Å². The van der Waals surface area contributed by atoms with Gasteiger partial charge in [0, 0.05) is 25.7 Å². The zero-order chi connectivity index (χ0) is 19.2. The number of benzene rings is 2. The van der Waals surface area contributed by atoms with Crippen molar-refractivity contribution in [2.45, 2.75) is 12.8 Å². The van der Waals surface area contributed by atoms with Crippen LogP contribution in [0.5, 0.6) is 5.75 Å². The first kappa shape index (κ1) is 19.5. The average Bonchev–Trinajstić information content (AvgIpc) is 3.15. The first-order chi connectivity index (χ1) is 13.1. The summed E-state index contributed by atoms with van der Waals surface area (Å²) in [5, 5.41) is 3.37. The topological polar surface area (TPSA) is 67.6 Å². The number of carbonyl (C=O) groups excluding carboxylic acids is 1. The molecule has 1 amide bonds. The van der Waals surface area contributed by atoms with Gasteiger partial charge in [-0.2, -0.15) is 0 Å². The van der Waals surface area contributed by atoms with Gasteiger partial charge < -0.3 is 20.7 Å². The maximum Gasteiger partial charge on any atom is 0.255 e. The zero-order valence-corrected chi connectivity index (χ0v) is 16.3. The molecule has 3 rings (SSSR count). The van der Waals surface area contributed by atoms with Crippen LogP contribution in [0, 0.1) is 5.92 Å². The summed E-state index contributed by atoms with van der Waals surface area (Å²) in [5.41, 5.74) is 7.95. The maximum absolute atomic E-state index is 12.5. The highest BCUT2D eigenvalue weighted by atomic mass is 35.5. The summed E-state index contributed by atoms with van der Waals surface area (Å²) in [6.07, 6.45) is 2.15. The highest BCUT2D eigenvalue weighted by molar-refractivity contribution is 6.33. The standard InChI is InChI=1S/C21H26ClN3O2/c1-27-20-12-19(23)18(22)11-17(20)21(26)24-13-16-8-10-25(14-16)9-7-15-5-3-2-4-6-15/h2-6,11-12,16H,7-10,13-14,23H2,1H3,(H,24,26). The van der Waals surface area contributed by atoms with Crippen molar-refractivity contribution in [3.8, 4) is 5.75 Å². The van der Waals surface area contributed by atoms with E-state index in [9.17, 15) is 4.79 Å². The lowest BCUT2D eigenvalue weighted by atomic mass is 10.1. The van der Waals surface area contributed by atoms with Crippen molar-refractivity contribution in [1.82, 2.24) is 10.2 Å². The first-order valence-corrected chi connectivity index (χ1v) is 9.62. The summed E-state index contributed by atoms with van der Waals surface area (Å²) in [5.74, 6) is 0.710. The Kier molecular flexibility index (Phi) is 6.58. The summed E-state index contributed by atoms with van der Waals surface area (Å²) >= 11 is 6.05. The fourth-order valence-electron chi connectivity index (χ4n) is 3.46. The molecule has 1 aliphatic rings. The van der Waals surface area contributed by atoms with Gasteiger partial charge in [-0.15, -0.1) is 0 Å². The van der Waals surface area contributed by atoms with Crippen LogP contribution in [0.15, 0.2) is 42.5 Å². The van der Waals surface area contributed by atoms with E-state index in [0.29, 0.717) is 34.5 Å². The Morgan fingerprint density at radius 3 is 2.85 bits per heavy atom. The number of ether oxygens (including phenoxy) is 1. The number of halogens is 1. The Morgan fingerprint density at radius 1 is 1.33 bits per heavy atom. The molecule has 1 saturated heterocycles. The fourth-order valence-corrected chi connectivity index (χ4v) is 3.63. The molecule has 2 aromatic rings. The summed E-state index contributed by atoms with van der Waals surface area (Å²) in [6, 6.07) is 13.7. The van der Waals surface area contributed by atoms with Crippen LogP contribution in [0.25, 0.3) is 0 Å². The van der Waals surface area contributed by atoms with E-state index in [4.69, 9.17) is 22.1 Å². The van der Waals surface area contributed by atoms with E-state index >= 15 is 0 Å². The third-order valence-corrected chi connectivity index (χ3v) is 5.37. The number of nitrogens with two attached hydrogens (primary N) is 1. The van der Waals surface area contributed by atoms with Crippen molar-refractivity contribution in [3.05, 3.63) is 58.6 Å². The SMILES string of the molecule is COc1cc(N)c(Cl)cc1C(=O)NCC1CCN(CCc2ccccc2)C1. The molecule has 1 aliphatic heterocycles. The fraction of sp³-hybridized carbons (Fsp3) is 0.381. The molecular formula is C21H26ClN3O2. The molecule has 0 saturated carbocycles. The quantitative estimate of drug-likeness (QED) is 0.716. The molecule has 1 fully saturated rings. The molecule has 0 radical (unpaired) electrons. The summed E-state index contributed by atoms with van der Waals surface area (Å²) in [7, 11) is 1.51. The predicted molar refractivity (Wildman–Crippen MR) is 109 cm³/mol. The van der Waals surface area contributed by atoms with E-state index in [2.05, 4.69) is 34.5 Å². The van der Waals surface area contributed by atoms with Gasteiger partial charge in [0.1, 0.15) is 5.75 Å². The highest BCUT2D eigenvalue weighted by Gasteiger charge is 2.23. The van der Waals surface area contributed by atoms with E-state index in [1.54, 1.807) is 12.1 Å². The van der Waals surface area contributed by atoms with Crippen LogP contribution in [-0.2, 0) is 6.42 Å². The van der Waals surface area contributed by atoms with Gasteiger partial charge in [-0.1, -0.05) is 41.9 Å². The lowest BCUT2D eigenvalue weighted by Crippen LogP contribution is -2.31. The van der Waals surface area contributed by atoms with E-state index in [1.165, 1.54) is 12.7 Å². The van der Waals surface area contributed by atoms with E-state index in [0.717, 1.165) is 32.5 Å². The normalized spacial score (nSPS) is 17.0. The Bertz CT molecular complexity index is 782. The Hall–Kier alpha value is -2.24.